The van der Waals surface area contributed by atoms with E-state index in [0.29, 0.717) is 0 Å². The molecule has 1 heterocycles. The smallest absolute Gasteiger partial charge is 0.0705 e. The number of benzene rings is 1. The zero-order valence-electron chi connectivity index (χ0n) is 11.6. The fraction of sp³-hybridized carbons (Fsp3) is 0.400. The summed E-state index contributed by atoms with van der Waals surface area (Å²) in [4.78, 5) is 4.25. The molecule has 1 aromatic carbocycles. The molecule has 0 amide bonds. The van der Waals surface area contributed by atoms with Gasteiger partial charge in [0.05, 0.1) is 10.5 Å². The molecule has 1 aromatic heterocycles. The van der Waals surface area contributed by atoms with E-state index in [0.717, 1.165) is 21.5 Å². The Morgan fingerprint density at radius 3 is 2.18 bits per heavy atom. The average Bonchev–Trinajstić information content (AvgIpc) is 2.39. The van der Waals surface area contributed by atoms with Crippen LogP contribution in [-0.2, 0) is 0 Å². The maximum atomic E-state index is 5.98. The van der Waals surface area contributed by atoms with E-state index in [1.165, 1.54) is 5.56 Å². The SMILES string of the molecule is CC.CC.Cc1ccc2ncc(Cl)c(C)c2c1. The highest BCUT2D eigenvalue weighted by Crippen LogP contribution is 2.23. The number of hydrogen-bond acceptors (Lipinski definition) is 1. The topological polar surface area (TPSA) is 12.9 Å². The molecule has 0 aliphatic rings. The molecular formula is C15H22ClN. The monoisotopic (exact) mass is 251 g/mol. The molecule has 2 heteroatoms. The van der Waals surface area contributed by atoms with Crippen LogP contribution in [0.3, 0.4) is 0 Å². The van der Waals surface area contributed by atoms with Gasteiger partial charge in [-0.15, -0.1) is 0 Å². The summed E-state index contributed by atoms with van der Waals surface area (Å²) in [7, 11) is 0. The Hall–Kier alpha value is -1.08. The van der Waals surface area contributed by atoms with Crippen LogP contribution in [0.25, 0.3) is 10.9 Å². The normalized spacial score (nSPS) is 8.88. The number of hydrogen-bond donors (Lipinski definition) is 0. The Morgan fingerprint density at radius 1 is 1.00 bits per heavy atom. The van der Waals surface area contributed by atoms with Crippen molar-refractivity contribution in [2.75, 3.05) is 0 Å². The first-order valence-electron chi connectivity index (χ1n) is 6.20. The lowest BCUT2D eigenvalue weighted by Crippen LogP contribution is -1.85. The zero-order valence-corrected chi connectivity index (χ0v) is 12.4. The van der Waals surface area contributed by atoms with Crippen molar-refractivity contribution in [3.8, 4) is 0 Å². The van der Waals surface area contributed by atoms with Crippen molar-refractivity contribution in [3.63, 3.8) is 0 Å². The molecule has 0 fully saturated rings. The summed E-state index contributed by atoms with van der Waals surface area (Å²) in [5, 5.41) is 1.88. The van der Waals surface area contributed by atoms with Crippen molar-refractivity contribution >= 4 is 22.5 Å². The van der Waals surface area contributed by atoms with Gasteiger partial charge >= 0.3 is 0 Å². The van der Waals surface area contributed by atoms with E-state index in [9.17, 15) is 0 Å². The van der Waals surface area contributed by atoms with Gasteiger partial charge in [-0.05, 0) is 31.5 Å². The fourth-order valence-electron chi connectivity index (χ4n) is 1.41. The minimum absolute atomic E-state index is 0.734. The van der Waals surface area contributed by atoms with E-state index >= 15 is 0 Å². The predicted octanol–water partition coefficient (Wildman–Crippen LogP) is 5.56. The molecule has 2 rings (SSSR count). The van der Waals surface area contributed by atoms with Gasteiger partial charge in [-0.25, -0.2) is 0 Å². The van der Waals surface area contributed by atoms with Gasteiger partial charge in [0.15, 0.2) is 0 Å². The molecule has 17 heavy (non-hydrogen) atoms. The number of halogens is 1. The highest BCUT2D eigenvalue weighted by atomic mass is 35.5. The first-order chi connectivity index (χ1) is 8.18. The third-order valence-electron chi connectivity index (χ3n) is 2.23. The summed E-state index contributed by atoms with van der Waals surface area (Å²) in [6.45, 7) is 12.1. The van der Waals surface area contributed by atoms with Crippen LogP contribution in [0, 0.1) is 13.8 Å². The average molecular weight is 252 g/mol. The van der Waals surface area contributed by atoms with Crippen LogP contribution in [0.1, 0.15) is 38.8 Å². The van der Waals surface area contributed by atoms with E-state index in [4.69, 9.17) is 11.6 Å². The lowest BCUT2D eigenvalue weighted by Gasteiger charge is -2.03. The molecule has 0 atom stereocenters. The van der Waals surface area contributed by atoms with E-state index in [-0.39, 0.29) is 0 Å². The molecule has 0 aliphatic heterocycles. The van der Waals surface area contributed by atoms with Gasteiger partial charge in [0.2, 0.25) is 0 Å². The maximum absolute atomic E-state index is 5.98. The van der Waals surface area contributed by atoms with Crippen molar-refractivity contribution in [2.24, 2.45) is 0 Å². The van der Waals surface area contributed by atoms with E-state index in [1.54, 1.807) is 6.20 Å². The number of fused-ring (bicyclic) bond motifs is 1. The van der Waals surface area contributed by atoms with Gasteiger partial charge in [0.25, 0.3) is 0 Å². The van der Waals surface area contributed by atoms with Crippen molar-refractivity contribution < 1.29 is 0 Å². The van der Waals surface area contributed by atoms with Gasteiger partial charge in [0.1, 0.15) is 0 Å². The fourth-order valence-corrected chi connectivity index (χ4v) is 1.57. The molecule has 0 N–H and O–H groups in total. The second kappa shape index (κ2) is 8.08. The first kappa shape index (κ1) is 15.9. The molecule has 1 nitrogen and oxygen atoms in total. The van der Waals surface area contributed by atoms with Gasteiger partial charge in [-0.1, -0.05) is 50.9 Å². The first-order valence-corrected chi connectivity index (χ1v) is 6.58. The van der Waals surface area contributed by atoms with E-state index in [2.05, 4.69) is 24.0 Å². The second-order valence-corrected chi connectivity index (χ2v) is 3.66. The largest absolute Gasteiger partial charge is 0.255 e. The standard InChI is InChI=1S/C11H10ClN.2C2H6/c1-7-3-4-11-9(5-7)8(2)10(12)6-13-11;2*1-2/h3-6H,1-2H3;2*1-2H3. The number of nitrogens with zero attached hydrogens (tertiary/aromatic N) is 1. The third kappa shape index (κ3) is 4.01. The molecule has 2 aromatic rings. The molecule has 0 saturated heterocycles. The van der Waals surface area contributed by atoms with Crippen LogP contribution < -0.4 is 0 Å². The quantitative estimate of drug-likeness (QED) is 0.598. The molecule has 0 aliphatic carbocycles. The van der Waals surface area contributed by atoms with Crippen molar-refractivity contribution in [1.82, 2.24) is 4.98 Å². The Kier molecular flexibility index (Phi) is 7.56. The summed E-state index contributed by atoms with van der Waals surface area (Å²) in [6.07, 6.45) is 1.70. The lowest BCUT2D eigenvalue weighted by atomic mass is 10.1. The Labute approximate surface area is 110 Å². The van der Waals surface area contributed by atoms with Crippen molar-refractivity contribution in [3.05, 3.63) is 40.5 Å². The van der Waals surface area contributed by atoms with E-state index < -0.39 is 0 Å². The van der Waals surface area contributed by atoms with Gasteiger partial charge in [-0.2, -0.15) is 0 Å². The molecular weight excluding hydrogens is 230 g/mol. The highest BCUT2D eigenvalue weighted by molar-refractivity contribution is 6.32. The van der Waals surface area contributed by atoms with Gasteiger partial charge < -0.3 is 0 Å². The highest BCUT2D eigenvalue weighted by Gasteiger charge is 2.02. The molecule has 0 radical (unpaired) electrons. The predicted molar refractivity (Wildman–Crippen MR) is 78.9 cm³/mol. The minimum Gasteiger partial charge on any atom is -0.255 e. The number of rotatable bonds is 0. The summed E-state index contributed by atoms with van der Waals surface area (Å²) < 4.78 is 0. The molecule has 0 unspecified atom stereocenters. The van der Waals surface area contributed by atoms with Crippen molar-refractivity contribution in [2.45, 2.75) is 41.5 Å². The van der Waals surface area contributed by atoms with Crippen LogP contribution in [0.4, 0.5) is 0 Å². The Morgan fingerprint density at radius 2 is 1.59 bits per heavy atom. The number of pyridine rings is 1. The third-order valence-corrected chi connectivity index (χ3v) is 2.61. The van der Waals surface area contributed by atoms with Crippen molar-refractivity contribution in [1.29, 1.82) is 0 Å². The van der Waals surface area contributed by atoms with Crippen LogP contribution in [0.5, 0.6) is 0 Å². The van der Waals surface area contributed by atoms with Gasteiger partial charge in [0, 0.05) is 11.6 Å². The summed E-state index contributed by atoms with van der Waals surface area (Å²) in [6, 6.07) is 6.19. The lowest BCUT2D eigenvalue weighted by molar-refractivity contribution is 1.35. The van der Waals surface area contributed by atoms with Crippen LogP contribution in [0.2, 0.25) is 5.02 Å². The Bertz CT molecular complexity index is 458. The zero-order chi connectivity index (χ0) is 13.4. The minimum atomic E-state index is 0.734. The molecule has 0 spiro atoms. The Balaban J connectivity index is 0.000000581. The number of aromatic nitrogens is 1. The van der Waals surface area contributed by atoms with Crippen LogP contribution in [-0.4, -0.2) is 4.98 Å². The summed E-state index contributed by atoms with van der Waals surface area (Å²) >= 11 is 5.98. The number of aryl methyl sites for hydroxylation is 2. The molecule has 94 valence electrons. The maximum Gasteiger partial charge on any atom is 0.0705 e. The van der Waals surface area contributed by atoms with Crippen LogP contribution in [0.15, 0.2) is 24.4 Å². The van der Waals surface area contributed by atoms with Crippen LogP contribution >= 0.6 is 11.6 Å². The molecule has 0 bridgehead atoms. The summed E-state index contributed by atoms with van der Waals surface area (Å²) in [5.41, 5.74) is 3.35. The van der Waals surface area contributed by atoms with Gasteiger partial charge in [-0.3, -0.25) is 4.98 Å². The van der Waals surface area contributed by atoms with E-state index in [1.807, 2.05) is 40.7 Å². The summed E-state index contributed by atoms with van der Waals surface area (Å²) in [5.74, 6) is 0. The molecule has 0 saturated carbocycles. The second-order valence-electron chi connectivity index (χ2n) is 3.25.